The molecule has 4 heteroatoms. The molecule has 2 aliphatic rings. The van der Waals surface area contributed by atoms with Crippen LogP contribution in [0.5, 0.6) is 11.5 Å². The summed E-state index contributed by atoms with van der Waals surface area (Å²) >= 11 is 0. The predicted molar refractivity (Wildman–Crippen MR) is 138 cm³/mol. The summed E-state index contributed by atoms with van der Waals surface area (Å²) in [6.07, 6.45) is 4.91. The van der Waals surface area contributed by atoms with E-state index in [4.69, 9.17) is 9.72 Å². The maximum atomic E-state index is 6.45. The molecule has 0 N–H and O–H groups in total. The van der Waals surface area contributed by atoms with Crippen LogP contribution in [0.2, 0.25) is 0 Å². The van der Waals surface area contributed by atoms with Crippen molar-refractivity contribution in [3.8, 4) is 11.5 Å². The summed E-state index contributed by atoms with van der Waals surface area (Å²) in [5.41, 5.74) is 4.69. The minimum absolute atomic E-state index is 0.0743. The van der Waals surface area contributed by atoms with Crippen molar-refractivity contribution in [1.29, 1.82) is 0 Å². The van der Waals surface area contributed by atoms with Gasteiger partial charge in [-0.25, -0.2) is 4.98 Å². The van der Waals surface area contributed by atoms with Gasteiger partial charge in [0.15, 0.2) is 11.6 Å². The second-order valence-corrected chi connectivity index (χ2v) is 8.93. The number of rotatable bonds is 5. The van der Waals surface area contributed by atoms with Crippen molar-refractivity contribution in [2.75, 3.05) is 9.80 Å². The molecule has 3 atom stereocenters. The third-order valence-corrected chi connectivity index (χ3v) is 6.99. The zero-order valence-corrected chi connectivity index (χ0v) is 19.2. The first-order chi connectivity index (χ1) is 16.8. The van der Waals surface area contributed by atoms with E-state index >= 15 is 0 Å². The Morgan fingerprint density at radius 2 is 1.59 bits per heavy atom. The minimum atomic E-state index is 0.0743. The molecule has 0 saturated carbocycles. The fourth-order valence-corrected chi connectivity index (χ4v) is 5.53. The van der Waals surface area contributed by atoms with Gasteiger partial charge in [-0.05, 0) is 48.2 Å². The normalized spacial score (nSPS) is 20.3. The van der Waals surface area contributed by atoms with Crippen LogP contribution < -0.4 is 14.5 Å². The topological polar surface area (TPSA) is 28.6 Å². The van der Waals surface area contributed by atoms with E-state index < -0.39 is 0 Å². The Balaban J connectivity index is 1.58. The van der Waals surface area contributed by atoms with Gasteiger partial charge in [0, 0.05) is 29.6 Å². The number of nitrogens with zero attached hydrogens (tertiary/aromatic N) is 3. The Kier molecular flexibility index (Phi) is 5.06. The molecule has 4 nitrogen and oxygen atoms in total. The molecule has 4 aromatic rings. The van der Waals surface area contributed by atoms with Crippen molar-refractivity contribution >= 4 is 22.9 Å². The Labute approximate surface area is 200 Å². The van der Waals surface area contributed by atoms with Gasteiger partial charge >= 0.3 is 0 Å². The van der Waals surface area contributed by atoms with Crippen LogP contribution in [0.3, 0.4) is 0 Å². The number of hydrogen-bond acceptors (Lipinski definition) is 4. The van der Waals surface area contributed by atoms with Crippen molar-refractivity contribution in [1.82, 2.24) is 4.98 Å². The first-order valence-electron chi connectivity index (χ1n) is 11.8. The summed E-state index contributed by atoms with van der Waals surface area (Å²) in [7, 11) is 0. The molecule has 3 heterocycles. The van der Waals surface area contributed by atoms with Crippen LogP contribution in [0.1, 0.15) is 24.8 Å². The highest BCUT2D eigenvalue weighted by molar-refractivity contribution is 5.91. The molecule has 0 amide bonds. The number of hydrogen-bond donors (Lipinski definition) is 0. The molecule has 1 aromatic heterocycles. The van der Waals surface area contributed by atoms with Gasteiger partial charge in [0.2, 0.25) is 0 Å². The zero-order chi connectivity index (χ0) is 23.1. The van der Waals surface area contributed by atoms with Crippen molar-refractivity contribution in [2.24, 2.45) is 5.92 Å². The molecule has 34 heavy (non-hydrogen) atoms. The van der Waals surface area contributed by atoms with Crippen LogP contribution in [-0.4, -0.2) is 11.1 Å². The molecule has 0 fully saturated rings. The Hall–Kier alpha value is -4.05. The number of para-hydroxylation sites is 3. The summed E-state index contributed by atoms with van der Waals surface area (Å²) in [5, 5.41) is 0. The Morgan fingerprint density at radius 3 is 2.35 bits per heavy atom. The van der Waals surface area contributed by atoms with E-state index in [0.29, 0.717) is 11.8 Å². The standard InChI is InChI=1S/C30H27N3O/c1-3-12-24-21(2)30-32(22-13-6-4-7-14-22)28-27(34-23-15-8-5-9-16-23)19-20-31-29(28)33(30)26-18-11-10-17-25(24)26/h3-11,13-21,24,30H,1,12H2,2H3. The van der Waals surface area contributed by atoms with E-state index in [1.54, 1.807) is 0 Å². The van der Waals surface area contributed by atoms with Crippen LogP contribution in [-0.2, 0) is 0 Å². The number of aromatic nitrogens is 1. The van der Waals surface area contributed by atoms with Gasteiger partial charge < -0.3 is 14.5 Å². The maximum absolute atomic E-state index is 6.45. The van der Waals surface area contributed by atoms with Crippen molar-refractivity contribution in [3.05, 3.63) is 115 Å². The highest BCUT2D eigenvalue weighted by atomic mass is 16.5. The van der Waals surface area contributed by atoms with Gasteiger partial charge in [-0.1, -0.05) is 67.6 Å². The SMILES string of the molecule is C=CCC1c2ccccc2N2c3nccc(Oc4ccccc4)c3N(c3ccccc3)C2C1C. The Bertz CT molecular complexity index is 1320. The summed E-state index contributed by atoms with van der Waals surface area (Å²) in [6, 6.07) is 31.2. The highest BCUT2D eigenvalue weighted by Crippen LogP contribution is 2.58. The van der Waals surface area contributed by atoms with E-state index in [9.17, 15) is 0 Å². The van der Waals surface area contributed by atoms with Gasteiger partial charge in [0.1, 0.15) is 17.6 Å². The Morgan fingerprint density at radius 1 is 0.882 bits per heavy atom. The van der Waals surface area contributed by atoms with E-state index in [0.717, 1.165) is 35.1 Å². The predicted octanol–water partition coefficient (Wildman–Crippen LogP) is 7.80. The number of benzene rings is 3. The lowest BCUT2D eigenvalue weighted by Crippen LogP contribution is -2.48. The average Bonchev–Trinajstić information content (AvgIpc) is 3.24. The van der Waals surface area contributed by atoms with Crippen molar-refractivity contribution in [2.45, 2.75) is 25.4 Å². The summed E-state index contributed by atoms with van der Waals surface area (Å²) in [6.45, 7) is 6.41. The fourth-order valence-electron chi connectivity index (χ4n) is 5.53. The van der Waals surface area contributed by atoms with Crippen LogP contribution in [0.4, 0.5) is 22.9 Å². The van der Waals surface area contributed by atoms with E-state index in [1.165, 1.54) is 11.3 Å². The zero-order valence-electron chi connectivity index (χ0n) is 19.2. The summed E-state index contributed by atoms with van der Waals surface area (Å²) in [4.78, 5) is 9.73. The van der Waals surface area contributed by atoms with Crippen LogP contribution in [0.25, 0.3) is 0 Å². The van der Waals surface area contributed by atoms with E-state index in [1.807, 2.05) is 48.7 Å². The summed E-state index contributed by atoms with van der Waals surface area (Å²) < 4.78 is 6.45. The monoisotopic (exact) mass is 445 g/mol. The fraction of sp³-hybridized carbons (Fsp3) is 0.167. The second kappa shape index (κ2) is 8.38. The molecule has 0 bridgehead atoms. The number of ether oxygens (including phenoxy) is 1. The molecule has 0 saturated heterocycles. The molecule has 0 aliphatic carbocycles. The largest absolute Gasteiger partial charge is 0.455 e. The molecule has 0 radical (unpaired) electrons. The van der Waals surface area contributed by atoms with Gasteiger partial charge in [-0.15, -0.1) is 6.58 Å². The molecular formula is C30H27N3O. The maximum Gasteiger partial charge on any atom is 0.162 e. The molecule has 168 valence electrons. The second-order valence-electron chi connectivity index (χ2n) is 8.93. The lowest BCUT2D eigenvalue weighted by atomic mass is 9.78. The highest BCUT2D eigenvalue weighted by Gasteiger charge is 2.49. The van der Waals surface area contributed by atoms with Crippen molar-refractivity contribution < 1.29 is 4.74 Å². The van der Waals surface area contributed by atoms with Gasteiger partial charge in [0.25, 0.3) is 0 Å². The minimum Gasteiger partial charge on any atom is -0.455 e. The molecular weight excluding hydrogens is 418 g/mol. The van der Waals surface area contributed by atoms with Gasteiger partial charge in [0.05, 0.1) is 0 Å². The smallest absolute Gasteiger partial charge is 0.162 e. The number of anilines is 4. The molecule has 2 aliphatic heterocycles. The number of pyridine rings is 1. The first kappa shape index (κ1) is 20.5. The number of fused-ring (bicyclic) bond motifs is 5. The van der Waals surface area contributed by atoms with Crippen molar-refractivity contribution in [3.63, 3.8) is 0 Å². The molecule has 3 unspecified atom stereocenters. The van der Waals surface area contributed by atoms with E-state index in [-0.39, 0.29) is 6.17 Å². The molecule has 3 aromatic carbocycles. The van der Waals surface area contributed by atoms with Gasteiger partial charge in [-0.3, -0.25) is 0 Å². The third kappa shape index (κ3) is 3.18. The first-order valence-corrected chi connectivity index (χ1v) is 11.8. The summed E-state index contributed by atoms with van der Waals surface area (Å²) in [5.74, 6) is 3.24. The molecule has 0 spiro atoms. The molecule has 6 rings (SSSR count). The lowest BCUT2D eigenvalue weighted by Gasteiger charge is -2.45. The number of allylic oxidation sites excluding steroid dienone is 1. The van der Waals surface area contributed by atoms with E-state index in [2.05, 4.69) is 77.9 Å². The quantitative estimate of drug-likeness (QED) is 0.293. The van der Waals surface area contributed by atoms with Crippen LogP contribution in [0.15, 0.2) is 110 Å². The average molecular weight is 446 g/mol. The lowest BCUT2D eigenvalue weighted by molar-refractivity contribution is 0.368. The van der Waals surface area contributed by atoms with Crippen LogP contribution in [0, 0.1) is 5.92 Å². The van der Waals surface area contributed by atoms with Crippen LogP contribution >= 0.6 is 0 Å². The third-order valence-electron chi connectivity index (χ3n) is 6.99. The van der Waals surface area contributed by atoms with Gasteiger partial charge in [-0.2, -0.15) is 0 Å².